The Hall–Kier alpha value is -1.72. The van der Waals surface area contributed by atoms with Gasteiger partial charge in [-0.2, -0.15) is 11.3 Å². The molecule has 0 aliphatic carbocycles. The van der Waals surface area contributed by atoms with Gasteiger partial charge in [0.1, 0.15) is 5.82 Å². The van der Waals surface area contributed by atoms with E-state index in [0.29, 0.717) is 11.3 Å². The largest absolute Gasteiger partial charge is 0.325 e. The molecule has 5 heteroatoms. The molecule has 0 bridgehead atoms. The van der Waals surface area contributed by atoms with E-state index in [2.05, 4.69) is 22.1 Å². The van der Waals surface area contributed by atoms with E-state index < -0.39 is 0 Å². The van der Waals surface area contributed by atoms with Crippen molar-refractivity contribution in [3.05, 3.63) is 52.0 Å². The number of aryl methyl sites for hydroxylation is 1. The first kappa shape index (κ1) is 15.7. The molecule has 1 aromatic carbocycles. The van der Waals surface area contributed by atoms with Gasteiger partial charge in [-0.15, -0.1) is 0 Å². The molecule has 0 spiro atoms. The fourth-order valence-electron chi connectivity index (χ4n) is 1.98. The molecule has 1 amide bonds. The van der Waals surface area contributed by atoms with Crippen LogP contribution in [0, 0.1) is 12.7 Å². The Morgan fingerprint density at radius 1 is 1.38 bits per heavy atom. The van der Waals surface area contributed by atoms with E-state index in [9.17, 15) is 9.18 Å². The van der Waals surface area contributed by atoms with Gasteiger partial charge in [-0.05, 0) is 60.4 Å². The highest BCUT2D eigenvalue weighted by molar-refractivity contribution is 7.07. The normalized spacial score (nSPS) is 12.1. The molecule has 3 nitrogen and oxygen atoms in total. The predicted octanol–water partition coefficient (Wildman–Crippen LogP) is 3.35. The fourth-order valence-corrected chi connectivity index (χ4v) is 2.66. The topological polar surface area (TPSA) is 41.1 Å². The van der Waals surface area contributed by atoms with Crippen LogP contribution in [0.2, 0.25) is 0 Å². The average molecular weight is 306 g/mol. The molecule has 0 radical (unpaired) electrons. The number of rotatable bonds is 6. The van der Waals surface area contributed by atoms with E-state index in [1.165, 1.54) is 11.6 Å². The maximum atomic E-state index is 13.4. The van der Waals surface area contributed by atoms with Gasteiger partial charge in [0.25, 0.3) is 0 Å². The summed E-state index contributed by atoms with van der Waals surface area (Å²) in [5.74, 6) is -0.484. The lowest BCUT2D eigenvalue weighted by atomic mass is 10.1. The summed E-state index contributed by atoms with van der Waals surface area (Å²) in [4.78, 5) is 11.8. The van der Waals surface area contributed by atoms with Crippen molar-refractivity contribution < 1.29 is 9.18 Å². The SMILES string of the molecule is Cc1ccc(NC(=O)CN[C@@H](C)Cc2ccsc2)cc1F. The molecular formula is C16H19FN2OS. The van der Waals surface area contributed by atoms with Gasteiger partial charge in [0.05, 0.1) is 6.54 Å². The van der Waals surface area contributed by atoms with Gasteiger partial charge in [-0.3, -0.25) is 4.79 Å². The number of hydrogen-bond acceptors (Lipinski definition) is 3. The minimum atomic E-state index is -0.313. The van der Waals surface area contributed by atoms with Gasteiger partial charge in [0.2, 0.25) is 5.91 Å². The predicted molar refractivity (Wildman–Crippen MR) is 85.3 cm³/mol. The third kappa shape index (κ3) is 4.95. The molecule has 112 valence electrons. The van der Waals surface area contributed by atoms with Crippen LogP contribution in [0.15, 0.2) is 35.0 Å². The van der Waals surface area contributed by atoms with E-state index >= 15 is 0 Å². The van der Waals surface area contributed by atoms with Crippen molar-refractivity contribution in [1.82, 2.24) is 5.32 Å². The lowest BCUT2D eigenvalue weighted by Gasteiger charge is -2.13. The Morgan fingerprint density at radius 3 is 2.86 bits per heavy atom. The zero-order chi connectivity index (χ0) is 15.2. The maximum Gasteiger partial charge on any atom is 0.238 e. The Labute approximate surface area is 128 Å². The lowest BCUT2D eigenvalue weighted by molar-refractivity contribution is -0.115. The Balaban J connectivity index is 1.77. The van der Waals surface area contributed by atoms with Crippen LogP contribution in [-0.4, -0.2) is 18.5 Å². The van der Waals surface area contributed by atoms with Gasteiger partial charge in [-0.1, -0.05) is 6.07 Å². The van der Waals surface area contributed by atoms with Gasteiger partial charge < -0.3 is 10.6 Å². The van der Waals surface area contributed by atoms with Gasteiger partial charge >= 0.3 is 0 Å². The second kappa shape index (κ2) is 7.33. The van der Waals surface area contributed by atoms with E-state index in [4.69, 9.17) is 0 Å². The van der Waals surface area contributed by atoms with Crippen molar-refractivity contribution >= 4 is 22.9 Å². The molecule has 0 fully saturated rings. The second-order valence-corrected chi connectivity index (χ2v) is 5.91. The van der Waals surface area contributed by atoms with Gasteiger partial charge in [0, 0.05) is 11.7 Å². The monoisotopic (exact) mass is 306 g/mol. The molecule has 2 aromatic rings. The van der Waals surface area contributed by atoms with Crippen LogP contribution in [0.5, 0.6) is 0 Å². The van der Waals surface area contributed by atoms with Crippen molar-refractivity contribution in [2.75, 3.05) is 11.9 Å². The first-order chi connectivity index (χ1) is 10.0. The molecule has 21 heavy (non-hydrogen) atoms. The van der Waals surface area contributed by atoms with Crippen molar-refractivity contribution in [1.29, 1.82) is 0 Å². The van der Waals surface area contributed by atoms with Crippen LogP contribution in [-0.2, 0) is 11.2 Å². The molecule has 1 heterocycles. The van der Waals surface area contributed by atoms with Crippen LogP contribution in [0.1, 0.15) is 18.1 Å². The number of carbonyl (C=O) groups is 1. The van der Waals surface area contributed by atoms with Gasteiger partial charge in [-0.25, -0.2) is 4.39 Å². The summed E-state index contributed by atoms with van der Waals surface area (Å²) in [6, 6.07) is 6.97. The summed E-state index contributed by atoms with van der Waals surface area (Å²) in [5, 5.41) is 10.00. The van der Waals surface area contributed by atoms with Crippen LogP contribution in [0.3, 0.4) is 0 Å². The van der Waals surface area contributed by atoms with E-state index in [1.807, 2.05) is 12.3 Å². The van der Waals surface area contributed by atoms with E-state index in [-0.39, 0.29) is 24.3 Å². The van der Waals surface area contributed by atoms with Crippen LogP contribution < -0.4 is 10.6 Å². The average Bonchev–Trinajstić information content (AvgIpc) is 2.93. The molecule has 0 aliphatic heterocycles. The summed E-state index contributed by atoms with van der Waals surface area (Å²) in [7, 11) is 0. The van der Waals surface area contributed by atoms with Crippen LogP contribution in [0.25, 0.3) is 0 Å². The summed E-state index contributed by atoms with van der Waals surface area (Å²) in [6.07, 6.45) is 0.885. The third-order valence-corrected chi connectivity index (χ3v) is 3.92. The molecule has 2 N–H and O–H groups in total. The lowest BCUT2D eigenvalue weighted by Crippen LogP contribution is -2.35. The zero-order valence-corrected chi connectivity index (χ0v) is 13.0. The van der Waals surface area contributed by atoms with Crippen molar-refractivity contribution in [2.45, 2.75) is 26.3 Å². The first-order valence-electron chi connectivity index (χ1n) is 6.85. The number of nitrogens with one attached hydrogen (secondary N) is 2. The molecule has 0 unspecified atom stereocenters. The number of carbonyl (C=O) groups excluding carboxylic acids is 1. The van der Waals surface area contributed by atoms with Crippen molar-refractivity contribution in [3.8, 4) is 0 Å². The number of amides is 1. The molecule has 0 saturated heterocycles. The molecule has 0 saturated carbocycles. The first-order valence-corrected chi connectivity index (χ1v) is 7.79. The number of halogens is 1. The Bertz CT molecular complexity index is 598. The Kier molecular flexibility index (Phi) is 5.47. The smallest absolute Gasteiger partial charge is 0.238 e. The van der Waals surface area contributed by atoms with Crippen LogP contribution >= 0.6 is 11.3 Å². The summed E-state index contributed by atoms with van der Waals surface area (Å²) >= 11 is 1.67. The second-order valence-electron chi connectivity index (χ2n) is 5.13. The number of thiophene rings is 1. The minimum Gasteiger partial charge on any atom is -0.325 e. The number of hydrogen-bond donors (Lipinski definition) is 2. The van der Waals surface area contributed by atoms with Crippen molar-refractivity contribution in [3.63, 3.8) is 0 Å². The Morgan fingerprint density at radius 2 is 2.19 bits per heavy atom. The summed E-state index contributed by atoms with van der Waals surface area (Å²) in [6.45, 7) is 3.94. The zero-order valence-electron chi connectivity index (χ0n) is 12.2. The highest BCUT2D eigenvalue weighted by Gasteiger charge is 2.08. The summed E-state index contributed by atoms with van der Waals surface area (Å²) in [5.41, 5.74) is 2.31. The molecule has 1 aromatic heterocycles. The summed E-state index contributed by atoms with van der Waals surface area (Å²) < 4.78 is 13.4. The molecular weight excluding hydrogens is 287 g/mol. The standard InChI is InChI=1S/C16H19FN2OS/c1-11-3-4-14(8-15(11)17)19-16(20)9-18-12(2)7-13-5-6-21-10-13/h3-6,8,10,12,18H,7,9H2,1-2H3,(H,19,20)/t12-/m0/s1. The number of benzene rings is 1. The van der Waals surface area contributed by atoms with E-state index in [0.717, 1.165) is 6.42 Å². The highest BCUT2D eigenvalue weighted by atomic mass is 32.1. The van der Waals surface area contributed by atoms with Crippen molar-refractivity contribution in [2.24, 2.45) is 0 Å². The molecule has 1 atom stereocenters. The molecule has 0 aliphatic rings. The fraction of sp³-hybridized carbons (Fsp3) is 0.312. The number of anilines is 1. The third-order valence-electron chi connectivity index (χ3n) is 3.19. The van der Waals surface area contributed by atoms with Gasteiger partial charge in [0.15, 0.2) is 0 Å². The maximum absolute atomic E-state index is 13.4. The quantitative estimate of drug-likeness (QED) is 0.859. The minimum absolute atomic E-state index is 0.171. The molecule has 2 rings (SSSR count). The van der Waals surface area contributed by atoms with Crippen LogP contribution in [0.4, 0.5) is 10.1 Å². The van der Waals surface area contributed by atoms with E-state index in [1.54, 1.807) is 30.4 Å². The highest BCUT2D eigenvalue weighted by Crippen LogP contribution is 2.13.